The van der Waals surface area contributed by atoms with E-state index >= 15 is 0 Å². The van der Waals surface area contributed by atoms with Crippen molar-refractivity contribution in [1.29, 1.82) is 0 Å². The standard InChI is InChI=1S/C23H26N2/c1-17-10-5-8-15-22(17)25-24-16-18-11-6-7-12-19(18)20-13-9-14-21(20)23(2,3)4/h5-12,14-16,25H,13H2,1-4H3. The smallest absolute Gasteiger partial charge is 0.0590 e. The zero-order valence-corrected chi connectivity index (χ0v) is 15.5. The first-order valence-electron chi connectivity index (χ1n) is 8.81. The van der Waals surface area contributed by atoms with Gasteiger partial charge in [0, 0.05) is 5.56 Å². The van der Waals surface area contributed by atoms with Crippen LogP contribution in [0.3, 0.4) is 0 Å². The molecular formula is C23H26N2. The SMILES string of the molecule is Cc1ccccc1NN=Cc1ccccc1C1=C(C(C)(C)C)C=CC1. The first-order valence-corrected chi connectivity index (χ1v) is 8.81. The summed E-state index contributed by atoms with van der Waals surface area (Å²) in [6.07, 6.45) is 7.44. The van der Waals surface area contributed by atoms with Crippen LogP contribution >= 0.6 is 0 Å². The molecule has 0 saturated carbocycles. The predicted molar refractivity (Wildman–Crippen MR) is 109 cm³/mol. The number of aryl methyl sites for hydroxylation is 1. The van der Waals surface area contributed by atoms with Gasteiger partial charge in [0.15, 0.2) is 0 Å². The highest BCUT2D eigenvalue weighted by atomic mass is 15.3. The summed E-state index contributed by atoms with van der Waals surface area (Å²) < 4.78 is 0. The first-order chi connectivity index (χ1) is 12.0. The summed E-state index contributed by atoms with van der Waals surface area (Å²) >= 11 is 0. The lowest BCUT2D eigenvalue weighted by molar-refractivity contribution is 0.520. The molecule has 0 fully saturated rings. The molecule has 0 bridgehead atoms. The van der Waals surface area contributed by atoms with Crippen molar-refractivity contribution >= 4 is 17.5 Å². The van der Waals surface area contributed by atoms with Crippen LogP contribution in [-0.2, 0) is 0 Å². The molecule has 2 heteroatoms. The van der Waals surface area contributed by atoms with E-state index in [4.69, 9.17) is 0 Å². The number of hydrogen-bond donors (Lipinski definition) is 1. The van der Waals surface area contributed by atoms with E-state index in [1.165, 1.54) is 22.3 Å². The minimum absolute atomic E-state index is 0.145. The molecule has 0 atom stereocenters. The molecule has 1 N–H and O–H groups in total. The summed E-state index contributed by atoms with van der Waals surface area (Å²) in [5.74, 6) is 0. The van der Waals surface area contributed by atoms with E-state index in [0.29, 0.717) is 0 Å². The molecule has 25 heavy (non-hydrogen) atoms. The molecule has 2 nitrogen and oxygen atoms in total. The lowest BCUT2D eigenvalue weighted by atomic mass is 9.82. The molecule has 0 aromatic heterocycles. The molecule has 0 saturated heterocycles. The molecule has 128 valence electrons. The summed E-state index contributed by atoms with van der Waals surface area (Å²) in [6.45, 7) is 8.90. The number of nitrogens with zero attached hydrogens (tertiary/aromatic N) is 1. The van der Waals surface area contributed by atoms with Crippen LogP contribution in [0.15, 0.2) is 71.4 Å². The van der Waals surface area contributed by atoms with E-state index in [-0.39, 0.29) is 5.41 Å². The van der Waals surface area contributed by atoms with Crippen molar-refractivity contribution in [2.24, 2.45) is 10.5 Å². The lowest BCUT2D eigenvalue weighted by Gasteiger charge is -2.22. The maximum atomic E-state index is 4.47. The number of benzene rings is 2. The largest absolute Gasteiger partial charge is 0.278 e. The summed E-state index contributed by atoms with van der Waals surface area (Å²) in [5.41, 5.74) is 10.8. The Hall–Kier alpha value is -2.61. The van der Waals surface area contributed by atoms with Gasteiger partial charge >= 0.3 is 0 Å². The highest BCUT2D eigenvalue weighted by Crippen LogP contribution is 2.39. The summed E-state index contributed by atoms with van der Waals surface area (Å²) in [6, 6.07) is 16.7. The fraction of sp³-hybridized carbons (Fsp3) is 0.261. The van der Waals surface area contributed by atoms with Gasteiger partial charge in [-0.25, -0.2) is 0 Å². The monoisotopic (exact) mass is 330 g/mol. The van der Waals surface area contributed by atoms with Crippen LogP contribution in [-0.4, -0.2) is 6.21 Å². The number of anilines is 1. The van der Waals surface area contributed by atoms with Gasteiger partial charge in [-0.15, -0.1) is 0 Å². The zero-order chi connectivity index (χ0) is 17.9. The van der Waals surface area contributed by atoms with Gasteiger partial charge in [0.1, 0.15) is 0 Å². The molecule has 0 unspecified atom stereocenters. The number of rotatable bonds is 4. The van der Waals surface area contributed by atoms with Crippen LogP contribution in [0, 0.1) is 12.3 Å². The number of hydrazone groups is 1. The van der Waals surface area contributed by atoms with Crippen molar-refractivity contribution in [2.45, 2.75) is 34.1 Å². The minimum atomic E-state index is 0.145. The third-order valence-corrected chi connectivity index (χ3v) is 4.56. The fourth-order valence-electron chi connectivity index (χ4n) is 3.22. The van der Waals surface area contributed by atoms with Crippen molar-refractivity contribution in [2.75, 3.05) is 5.43 Å². The molecule has 0 aliphatic heterocycles. The molecule has 0 amide bonds. The summed E-state index contributed by atoms with van der Waals surface area (Å²) in [5, 5.41) is 4.47. The van der Waals surface area contributed by atoms with Crippen LogP contribution in [0.5, 0.6) is 0 Å². The first kappa shape index (κ1) is 17.2. The Morgan fingerprint density at radius 3 is 2.48 bits per heavy atom. The van der Waals surface area contributed by atoms with Gasteiger partial charge in [-0.3, -0.25) is 5.43 Å². The second kappa shape index (κ2) is 7.10. The molecule has 1 aliphatic rings. The Labute approximate surface area is 151 Å². The number of nitrogens with one attached hydrogen (secondary N) is 1. The Kier molecular flexibility index (Phi) is 4.89. The lowest BCUT2D eigenvalue weighted by Crippen LogP contribution is -2.09. The molecule has 0 heterocycles. The zero-order valence-electron chi connectivity index (χ0n) is 15.5. The summed E-state index contributed by atoms with van der Waals surface area (Å²) in [7, 11) is 0. The Bertz CT molecular complexity index is 848. The number of allylic oxidation sites excluding steroid dienone is 4. The maximum Gasteiger partial charge on any atom is 0.0590 e. The second-order valence-corrected chi connectivity index (χ2v) is 7.52. The molecule has 0 radical (unpaired) electrons. The molecule has 2 aromatic rings. The second-order valence-electron chi connectivity index (χ2n) is 7.52. The van der Waals surface area contributed by atoms with E-state index in [9.17, 15) is 0 Å². The van der Waals surface area contributed by atoms with Crippen molar-refractivity contribution in [1.82, 2.24) is 0 Å². The third-order valence-electron chi connectivity index (χ3n) is 4.56. The molecule has 1 aliphatic carbocycles. The van der Waals surface area contributed by atoms with E-state index in [0.717, 1.165) is 17.7 Å². The predicted octanol–water partition coefficient (Wildman–Crippen LogP) is 6.20. The normalized spacial score (nSPS) is 14.6. The Balaban J connectivity index is 1.90. The van der Waals surface area contributed by atoms with Crippen LogP contribution in [0.25, 0.3) is 5.57 Å². The van der Waals surface area contributed by atoms with Crippen LogP contribution in [0.2, 0.25) is 0 Å². The van der Waals surface area contributed by atoms with Gasteiger partial charge in [0.2, 0.25) is 0 Å². The van der Waals surface area contributed by atoms with Gasteiger partial charge in [0.05, 0.1) is 11.9 Å². The van der Waals surface area contributed by atoms with Crippen molar-refractivity contribution in [3.8, 4) is 0 Å². The highest BCUT2D eigenvalue weighted by molar-refractivity contribution is 5.91. The van der Waals surface area contributed by atoms with E-state index in [2.05, 4.69) is 80.7 Å². The van der Waals surface area contributed by atoms with Crippen molar-refractivity contribution in [3.05, 3.63) is 82.9 Å². The fourth-order valence-corrected chi connectivity index (χ4v) is 3.22. The maximum absolute atomic E-state index is 4.47. The van der Waals surface area contributed by atoms with Crippen molar-refractivity contribution in [3.63, 3.8) is 0 Å². The molecular weight excluding hydrogens is 304 g/mol. The topological polar surface area (TPSA) is 24.4 Å². The van der Waals surface area contributed by atoms with E-state index < -0.39 is 0 Å². The quantitative estimate of drug-likeness (QED) is 0.524. The Morgan fingerprint density at radius 1 is 1.00 bits per heavy atom. The summed E-state index contributed by atoms with van der Waals surface area (Å²) in [4.78, 5) is 0. The van der Waals surface area contributed by atoms with Gasteiger partial charge < -0.3 is 0 Å². The average Bonchev–Trinajstić information content (AvgIpc) is 3.07. The molecule has 0 spiro atoms. The number of para-hydroxylation sites is 1. The van der Waals surface area contributed by atoms with Crippen LogP contribution in [0.1, 0.15) is 43.9 Å². The van der Waals surface area contributed by atoms with Gasteiger partial charge in [-0.1, -0.05) is 75.4 Å². The molecule has 2 aromatic carbocycles. The highest BCUT2D eigenvalue weighted by Gasteiger charge is 2.23. The number of hydrogen-bond acceptors (Lipinski definition) is 2. The van der Waals surface area contributed by atoms with E-state index in [1.807, 2.05) is 24.4 Å². The van der Waals surface area contributed by atoms with Gasteiger partial charge in [0.25, 0.3) is 0 Å². The van der Waals surface area contributed by atoms with Gasteiger partial charge in [-0.05, 0) is 47.1 Å². The van der Waals surface area contributed by atoms with E-state index in [1.54, 1.807) is 0 Å². The van der Waals surface area contributed by atoms with Crippen LogP contribution in [0.4, 0.5) is 5.69 Å². The molecule has 3 rings (SSSR count). The average molecular weight is 330 g/mol. The van der Waals surface area contributed by atoms with Crippen LogP contribution < -0.4 is 5.43 Å². The minimum Gasteiger partial charge on any atom is -0.278 e. The Morgan fingerprint density at radius 2 is 1.72 bits per heavy atom. The van der Waals surface area contributed by atoms with Gasteiger partial charge in [-0.2, -0.15) is 5.10 Å². The third kappa shape index (κ3) is 3.90. The van der Waals surface area contributed by atoms with Crippen molar-refractivity contribution < 1.29 is 0 Å².